The van der Waals surface area contributed by atoms with E-state index in [1.807, 2.05) is 0 Å². The molecule has 0 saturated heterocycles. The predicted molar refractivity (Wildman–Crippen MR) is 98.8 cm³/mol. The highest BCUT2D eigenvalue weighted by molar-refractivity contribution is 7.89. The Labute approximate surface area is 158 Å². The number of anilines is 1. The molecule has 1 unspecified atom stereocenters. The first kappa shape index (κ1) is 20.6. The molecule has 1 aromatic heterocycles. The number of nitrogens with zero attached hydrogens (tertiary/aromatic N) is 3. The van der Waals surface area contributed by atoms with Crippen molar-refractivity contribution < 1.29 is 22.7 Å². The van der Waals surface area contributed by atoms with Gasteiger partial charge < -0.3 is 10.1 Å². The lowest BCUT2D eigenvalue weighted by atomic mass is 10.2. The molecule has 0 spiro atoms. The molecule has 0 fully saturated rings. The zero-order valence-corrected chi connectivity index (χ0v) is 16.6. The van der Waals surface area contributed by atoms with Crippen molar-refractivity contribution in [2.75, 3.05) is 19.4 Å². The number of sulfonamides is 1. The second-order valence-electron chi connectivity index (χ2n) is 6.20. The van der Waals surface area contributed by atoms with Crippen molar-refractivity contribution in [3.05, 3.63) is 41.7 Å². The quantitative estimate of drug-likeness (QED) is 0.736. The van der Waals surface area contributed by atoms with Crippen LogP contribution in [-0.2, 0) is 26.6 Å². The summed E-state index contributed by atoms with van der Waals surface area (Å²) < 4.78 is 32.2. The standard InChI is InChI=1S/C17H22N4O5S/c1-11-6-7-14(27(24,25)20(3)4)8-15(11)19-16(22)12(2)26-17(23)13-9-18-21(5)10-13/h6-10,12H,1-5H3,(H,19,22). The van der Waals surface area contributed by atoms with Crippen molar-refractivity contribution in [2.45, 2.75) is 24.8 Å². The van der Waals surface area contributed by atoms with E-state index < -0.39 is 28.0 Å². The van der Waals surface area contributed by atoms with Crippen molar-refractivity contribution in [1.82, 2.24) is 14.1 Å². The molecule has 9 nitrogen and oxygen atoms in total. The zero-order valence-electron chi connectivity index (χ0n) is 15.8. The molecule has 0 aliphatic rings. The molecule has 10 heteroatoms. The summed E-state index contributed by atoms with van der Waals surface area (Å²) in [6.07, 6.45) is 1.74. The van der Waals surface area contributed by atoms with E-state index in [0.717, 1.165) is 4.31 Å². The van der Waals surface area contributed by atoms with E-state index in [9.17, 15) is 18.0 Å². The summed E-state index contributed by atoms with van der Waals surface area (Å²) >= 11 is 0. The lowest BCUT2D eigenvalue weighted by Gasteiger charge is -2.16. The van der Waals surface area contributed by atoms with Gasteiger partial charge in [-0.1, -0.05) is 6.07 Å². The third-order valence-electron chi connectivity index (χ3n) is 3.84. The third kappa shape index (κ3) is 4.72. The Morgan fingerprint density at radius 3 is 2.52 bits per heavy atom. The van der Waals surface area contributed by atoms with Crippen molar-refractivity contribution in [3.63, 3.8) is 0 Å². The van der Waals surface area contributed by atoms with Gasteiger partial charge in [0.2, 0.25) is 10.0 Å². The summed E-state index contributed by atoms with van der Waals surface area (Å²) in [6.45, 7) is 3.16. The molecule has 1 aromatic carbocycles. The zero-order chi connectivity index (χ0) is 20.4. The molecule has 1 heterocycles. The van der Waals surface area contributed by atoms with Crippen molar-refractivity contribution >= 4 is 27.6 Å². The normalized spacial score (nSPS) is 12.7. The number of benzene rings is 1. The summed E-state index contributed by atoms with van der Waals surface area (Å²) in [4.78, 5) is 24.4. The van der Waals surface area contributed by atoms with Crippen LogP contribution in [0.1, 0.15) is 22.8 Å². The second-order valence-corrected chi connectivity index (χ2v) is 8.36. The Morgan fingerprint density at radius 2 is 1.96 bits per heavy atom. The van der Waals surface area contributed by atoms with Gasteiger partial charge in [0.15, 0.2) is 6.10 Å². The van der Waals surface area contributed by atoms with Gasteiger partial charge in [-0.05, 0) is 31.5 Å². The Bertz CT molecular complexity index is 965. The van der Waals surface area contributed by atoms with Crippen molar-refractivity contribution in [2.24, 2.45) is 7.05 Å². The number of carbonyl (C=O) groups excluding carboxylic acids is 2. The maximum absolute atomic E-state index is 12.4. The van der Waals surface area contributed by atoms with Gasteiger partial charge in [0.1, 0.15) is 0 Å². The highest BCUT2D eigenvalue weighted by atomic mass is 32.2. The van der Waals surface area contributed by atoms with E-state index in [1.54, 1.807) is 20.0 Å². The van der Waals surface area contributed by atoms with Gasteiger partial charge >= 0.3 is 5.97 Å². The van der Waals surface area contributed by atoms with Crippen LogP contribution in [0.3, 0.4) is 0 Å². The molecule has 146 valence electrons. The second kappa shape index (κ2) is 7.89. The van der Waals surface area contributed by atoms with Crippen LogP contribution in [0.5, 0.6) is 0 Å². The maximum atomic E-state index is 12.4. The first-order valence-corrected chi connectivity index (χ1v) is 9.50. The minimum Gasteiger partial charge on any atom is -0.449 e. The summed E-state index contributed by atoms with van der Waals surface area (Å²) in [5.74, 6) is -1.25. The average molecular weight is 394 g/mol. The number of nitrogens with one attached hydrogen (secondary N) is 1. The fourth-order valence-corrected chi connectivity index (χ4v) is 3.08. The number of rotatable bonds is 6. The van der Waals surface area contributed by atoms with Crippen LogP contribution in [0.15, 0.2) is 35.5 Å². The highest BCUT2D eigenvalue weighted by Crippen LogP contribution is 2.22. The first-order valence-electron chi connectivity index (χ1n) is 8.06. The monoisotopic (exact) mass is 394 g/mol. The van der Waals surface area contributed by atoms with Crippen LogP contribution in [-0.4, -0.2) is 54.6 Å². The number of aromatic nitrogens is 2. The third-order valence-corrected chi connectivity index (χ3v) is 5.65. The number of ether oxygens (including phenoxy) is 1. The van der Waals surface area contributed by atoms with Gasteiger partial charge in [-0.25, -0.2) is 17.5 Å². The summed E-state index contributed by atoms with van der Waals surface area (Å²) in [6, 6.07) is 4.43. The van der Waals surface area contributed by atoms with Gasteiger partial charge in [-0.2, -0.15) is 5.10 Å². The van der Waals surface area contributed by atoms with Gasteiger partial charge in [-0.15, -0.1) is 0 Å². The predicted octanol–water partition coefficient (Wildman–Crippen LogP) is 1.16. The lowest BCUT2D eigenvalue weighted by Crippen LogP contribution is -2.30. The minimum absolute atomic E-state index is 0.0495. The lowest BCUT2D eigenvalue weighted by molar-refractivity contribution is -0.123. The molecule has 0 saturated carbocycles. The number of esters is 1. The maximum Gasteiger partial charge on any atom is 0.342 e. The molecule has 1 N–H and O–H groups in total. The number of aryl methyl sites for hydroxylation is 2. The molecule has 1 atom stereocenters. The summed E-state index contributed by atoms with van der Waals surface area (Å²) in [5, 5.41) is 6.47. The first-order chi connectivity index (χ1) is 12.5. The van der Waals surface area contributed by atoms with Crippen LogP contribution in [0.2, 0.25) is 0 Å². The molecule has 2 rings (SSSR count). The van der Waals surface area contributed by atoms with Crippen LogP contribution in [0, 0.1) is 6.92 Å². The smallest absolute Gasteiger partial charge is 0.342 e. The Balaban J connectivity index is 2.14. The molecular weight excluding hydrogens is 372 g/mol. The summed E-state index contributed by atoms with van der Waals surface area (Å²) in [7, 11) is 0.868. The Kier molecular flexibility index (Phi) is 6.01. The van der Waals surface area contributed by atoms with E-state index in [4.69, 9.17) is 4.74 Å². The topological polar surface area (TPSA) is 111 Å². The fourth-order valence-electron chi connectivity index (χ4n) is 2.15. The number of hydrogen-bond donors (Lipinski definition) is 1. The number of hydrogen-bond acceptors (Lipinski definition) is 6. The van der Waals surface area contributed by atoms with Crippen LogP contribution in [0.4, 0.5) is 5.69 Å². The summed E-state index contributed by atoms with van der Waals surface area (Å²) in [5.41, 5.74) is 1.23. The Hall–Kier alpha value is -2.72. The van der Waals surface area contributed by atoms with Crippen molar-refractivity contribution in [1.29, 1.82) is 0 Å². The molecule has 0 bridgehead atoms. The van der Waals surface area contributed by atoms with Crippen LogP contribution in [0.25, 0.3) is 0 Å². The molecule has 0 radical (unpaired) electrons. The Morgan fingerprint density at radius 1 is 1.30 bits per heavy atom. The van der Waals surface area contributed by atoms with E-state index in [2.05, 4.69) is 10.4 Å². The number of amides is 1. The molecule has 0 aliphatic carbocycles. The van der Waals surface area contributed by atoms with Gasteiger partial charge in [0, 0.05) is 33.0 Å². The van der Waals surface area contributed by atoms with E-state index in [-0.39, 0.29) is 10.5 Å². The van der Waals surface area contributed by atoms with E-state index in [1.165, 1.54) is 50.2 Å². The highest BCUT2D eigenvalue weighted by Gasteiger charge is 2.22. The molecule has 2 aromatic rings. The van der Waals surface area contributed by atoms with E-state index >= 15 is 0 Å². The molecule has 27 heavy (non-hydrogen) atoms. The average Bonchev–Trinajstić information content (AvgIpc) is 3.02. The van der Waals surface area contributed by atoms with Crippen LogP contribution >= 0.6 is 0 Å². The van der Waals surface area contributed by atoms with Crippen LogP contribution < -0.4 is 5.32 Å². The largest absolute Gasteiger partial charge is 0.449 e. The van der Waals surface area contributed by atoms with E-state index in [0.29, 0.717) is 11.3 Å². The SMILES string of the molecule is Cc1ccc(S(=O)(=O)N(C)C)cc1NC(=O)C(C)OC(=O)c1cnn(C)c1. The van der Waals surface area contributed by atoms with Gasteiger partial charge in [0.25, 0.3) is 5.91 Å². The number of carbonyl (C=O) groups is 2. The fraction of sp³-hybridized carbons (Fsp3) is 0.353. The van der Waals surface area contributed by atoms with Gasteiger partial charge in [0.05, 0.1) is 16.7 Å². The molecular formula is C17H22N4O5S. The minimum atomic E-state index is -3.64. The molecule has 1 amide bonds. The van der Waals surface area contributed by atoms with Gasteiger partial charge in [-0.3, -0.25) is 9.48 Å². The molecule has 0 aliphatic heterocycles. The van der Waals surface area contributed by atoms with Crippen molar-refractivity contribution in [3.8, 4) is 0 Å².